The Bertz CT molecular complexity index is 827. The van der Waals surface area contributed by atoms with E-state index in [0.29, 0.717) is 16.6 Å². The minimum absolute atomic E-state index is 0.201. The molecule has 0 saturated carbocycles. The number of hydrogen-bond acceptors (Lipinski definition) is 6. The maximum absolute atomic E-state index is 11.9. The summed E-state index contributed by atoms with van der Waals surface area (Å²) in [5, 5.41) is 5.30. The molecule has 3 aromatic rings. The lowest BCUT2D eigenvalue weighted by atomic mass is 10.3. The summed E-state index contributed by atoms with van der Waals surface area (Å²) < 4.78 is 11.6. The first-order valence-corrected chi connectivity index (χ1v) is 8.20. The molecule has 0 fully saturated rings. The molecule has 0 bridgehead atoms. The number of anilines is 1. The Kier molecular flexibility index (Phi) is 3.28. The highest BCUT2D eigenvalue weighted by molar-refractivity contribution is 7.22. The third kappa shape index (κ3) is 2.56. The van der Waals surface area contributed by atoms with Gasteiger partial charge in [0, 0.05) is 23.1 Å². The maximum atomic E-state index is 11.9. The lowest BCUT2D eigenvalue weighted by Gasteiger charge is -1.94. The van der Waals surface area contributed by atoms with Gasteiger partial charge in [0.2, 0.25) is 12.7 Å². The predicted molar refractivity (Wildman–Crippen MR) is 87.7 cm³/mol. The molecule has 1 aliphatic rings. The first-order valence-electron chi connectivity index (χ1n) is 6.51. The lowest BCUT2D eigenvalue weighted by Crippen LogP contribution is -2.06. The van der Waals surface area contributed by atoms with Crippen molar-refractivity contribution in [1.82, 2.24) is 4.98 Å². The van der Waals surface area contributed by atoms with Gasteiger partial charge in [-0.05, 0) is 17.5 Å². The van der Waals surface area contributed by atoms with E-state index in [4.69, 9.17) is 9.47 Å². The number of thiophene rings is 1. The molecule has 1 aliphatic heterocycles. The molecule has 5 nitrogen and oxygen atoms in total. The Hall–Kier alpha value is -2.38. The van der Waals surface area contributed by atoms with Crippen LogP contribution in [0.1, 0.15) is 4.88 Å². The van der Waals surface area contributed by atoms with Gasteiger partial charge < -0.3 is 9.47 Å². The molecule has 0 radical (unpaired) electrons. The van der Waals surface area contributed by atoms with Crippen LogP contribution in [-0.2, 0) is 4.79 Å². The van der Waals surface area contributed by atoms with E-state index in [2.05, 4.69) is 10.3 Å². The van der Waals surface area contributed by atoms with Crippen molar-refractivity contribution >= 4 is 50.0 Å². The van der Waals surface area contributed by atoms with Crippen LogP contribution >= 0.6 is 22.7 Å². The summed E-state index contributed by atoms with van der Waals surface area (Å²) in [6.07, 6.45) is 3.29. The second-order valence-corrected chi connectivity index (χ2v) is 6.54. The maximum Gasteiger partial charge on any atom is 0.250 e. The van der Waals surface area contributed by atoms with Gasteiger partial charge in [0.25, 0.3) is 0 Å². The normalized spacial score (nSPS) is 13.1. The Morgan fingerprint density at radius 1 is 1.32 bits per heavy atom. The Labute approximate surface area is 133 Å². The van der Waals surface area contributed by atoms with Crippen LogP contribution in [-0.4, -0.2) is 17.7 Å². The van der Waals surface area contributed by atoms with Crippen LogP contribution in [0.2, 0.25) is 0 Å². The number of hydrogen-bond donors (Lipinski definition) is 1. The molecule has 110 valence electrons. The summed E-state index contributed by atoms with van der Waals surface area (Å²) in [4.78, 5) is 17.3. The van der Waals surface area contributed by atoms with E-state index in [1.807, 2.05) is 29.6 Å². The summed E-state index contributed by atoms with van der Waals surface area (Å²) in [5.74, 6) is 1.20. The van der Waals surface area contributed by atoms with Gasteiger partial charge in [-0.1, -0.05) is 17.4 Å². The lowest BCUT2D eigenvalue weighted by molar-refractivity contribution is -0.111. The van der Waals surface area contributed by atoms with Crippen LogP contribution in [0.4, 0.5) is 5.13 Å². The van der Waals surface area contributed by atoms with Gasteiger partial charge in [0.15, 0.2) is 16.6 Å². The number of rotatable bonds is 3. The molecule has 2 aromatic heterocycles. The smallest absolute Gasteiger partial charge is 0.250 e. The van der Waals surface area contributed by atoms with Gasteiger partial charge in [-0.3, -0.25) is 10.1 Å². The molecule has 0 saturated heterocycles. The average Bonchev–Trinajstić information content (AvgIpc) is 3.22. The molecule has 0 unspecified atom stereocenters. The first-order chi connectivity index (χ1) is 10.8. The fourth-order valence-corrected chi connectivity index (χ4v) is 3.56. The zero-order chi connectivity index (χ0) is 14.9. The molecule has 0 spiro atoms. The Morgan fingerprint density at radius 3 is 3.00 bits per heavy atom. The molecule has 22 heavy (non-hydrogen) atoms. The van der Waals surface area contributed by atoms with Gasteiger partial charge in [0.05, 0.1) is 10.2 Å². The van der Waals surface area contributed by atoms with E-state index in [-0.39, 0.29) is 12.7 Å². The number of fused-ring (bicyclic) bond motifs is 2. The van der Waals surface area contributed by atoms with Gasteiger partial charge in [-0.25, -0.2) is 4.98 Å². The quantitative estimate of drug-likeness (QED) is 0.743. The highest BCUT2D eigenvalue weighted by Gasteiger charge is 2.16. The van der Waals surface area contributed by atoms with E-state index in [9.17, 15) is 4.79 Å². The predicted octanol–water partition coefficient (Wildman–Crippen LogP) is 3.74. The SMILES string of the molecule is O=C(/C=C/c1cccs1)Nc1nc2cc3c(cc2s1)OCO3. The molecular formula is C15H10N2O3S2. The molecule has 0 atom stereocenters. The van der Waals surface area contributed by atoms with Crippen molar-refractivity contribution in [2.45, 2.75) is 0 Å². The largest absolute Gasteiger partial charge is 0.454 e. The van der Waals surface area contributed by atoms with E-state index in [0.717, 1.165) is 15.1 Å². The number of ether oxygens (including phenoxy) is 2. The molecule has 1 N–H and O–H groups in total. The molecule has 1 amide bonds. The van der Waals surface area contributed by atoms with Crippen molar-refractivity contribution in [1.29, 1.82) is 0 Å². The fraction of sp³-hybridized carbons (Fsp3) is 0.0667. The van der Waals surface area contributed by atoms with Crippen molar-refractivity contribution in [2.75, 3.05) is 12.1 Å². The zero-order valence-electron chi connectivity index (χ0n) is 11.2. The minimum atomic E-state index is -0.201. The first kappa shape index (κ1) is 13.3. The number of nitrogens with zero attached hydrogens (tertiary/aromatic N) is 1. The van der Waals surface area contributed by atoms with E-state index in [1.54, 1.807) is 17.4 Å². The van der Waals surface area contributed by atoms with Crippen LogP contribution < -0.4 is 14.8 Å². The summed E-state index contributed by atoms with van der Waals surface area (Å²) >= 11 is 2.98. The molecule has 3 heterocycles. The van der Waals surface area contributed by atoms with Crippen LogP contribution in [0.5, 0.6) is 11.5 Å². The molecular weight excluding hydrogens is 320 g/mol. The number of amides is 1. The van der Waals surface area contributed by atoms with Gasteiger partial charge in [0.1, 0.15) is 0 Å². The van der Waals surface area contributed by atoms with Crippen molar-refractivity contribution in [3.05, 3.63) is 40.6 Å². The molecule has 1 aromatic carbocycles. The third-order valence-electron chi connectivity index (χ3n) is 3.06. The number of aromatic nitrogens is 1. The van der Waals surface area contributed by atoms with Crippen LogP contribution in [0.25, 0.3) is 16.3 Å². The van der Waals surface area contributed by atoms with Crippen molar-refractivity contribution in [2.24, 2.45) is 0 Å². The summed E-state index contributed by atoms with van der Waals surface area (Å²) in [5.41, 5.74) is 0.784. The van der Waals surface area contributed by atoms with Gasteiger partial charge in [-0.15, -0.1) is 11.3 Å². The molecule has 0 aliphatic carbocycles. The van der Waals surface area contributed by atoms with Crippen LogP contribution in [0, 0.1) is 0 Å². The highest BCUT2D eigenvalue weighted by Crippen LogP contribution is 2.38. The van der Waals surface area contributed by atoms with Crippen molar-refractivity contribution < 1.29 is 14.3 Å². The fourth-order valence-electron chi connectivity index (χ4n) is 2.06. The minimum Gasteiger partial charge on any atom is -0.454 e. The number of nitrogens with one attached hydrogen (secondary N) is 1. The Morgan fingerprint density at radius 2 is 2.18 bits per heavy atom. The standard InChI is InChI=1S/C15H10N2O3S2/c18-14(4-3-9-2-1-5-21-9)17-15-16-10-6-11-12(20-8-19-11)7-13(10)22-15/h1-7H,8H2,(H,16,17,18)/b4-3+. The molecule has 7 heteroatoms. The number of carbonyl (C=O) groups is 1. The average molecular weight is 330 g/mol. The van der Waals surface area contributed by atoms with Crippen LogP contribution in [0.3, 0.4) is 0 Å². The number of thiazole rings is 1. The third-order valence-corrected chi connectivity index (χ3v) is 4.83. The van der Waals surface area contributed by atoms with Crippen molar-refractivity contribution in [3.63, 3.8) is 0 Å². The zero-order valence-corrected chi connectivity index (χ0v) is 12.9. The van der Waals surface area contributed by atoms with E-state index >= 15 is 0 Å². The Balaban J connectivity index is 1.53. The van der Waals surface area contributed by atoms with E-state index in [1.165, 1.54) is 17.4 Å². The summed E-state index contributed by atoms with van der Waals surface area (Å²) in [6, 6.07) is 7.60. The number of benzene rings is 1. The monoisotopic (exact) mass is 330 g/mol. The summed E-state index contributed by atoms with van der Waals surface area (Å²) in [6.45, 7) is 0.240. The topological polar surface area (TPSA) is 60.5 Å². The highest BCUT2D eigenvalue weighted by atomic mass is 32.1. The van der Waals surface area contributed by atoms with Crippen LogP contribution in [0.15, 0.2) is 35.7 Å². The second-order valence-electron chi connectivity index (χ2n) is 4.53. The number of carbonyl (C=O) groups excluding carboxylic acids is 1. The molecule has 4 rings (SSSR count). The van der Waals surface area contributed by atoms with Gasteiger partial charge in [-0.2, -0.15) is 0 Å². The van der Waals surface area contributed by atoms with Crippen molar-refractivity contribution in [3.8, 4) is 11.5 Å². The van der Waals surface area contributed by atoms with E-state index < -0.39 is 0 Å². The summed E-state index contributed by atoms with van der Waals surface area (Å²) in [7, 11) is 0. The second kappa shape index (κ2) is 5.43. The van der Waals surface area contributed by atoms with Gasteiger partial charge >= 0.3 is 0 Å².